The highest BCUT2D eigenvalue weighted by Gasteiger charge is 2.61. The molecule has 24 heavy (non-hydrogen) atoms. The van der Waals surface area contributed by atoms with Crippen LogP contribution in [-0.4, -0.2) is 35.6 Å². The number of methoxy groups -OCH3 is 1. The number of hydrogen-bond acceptors (Lipinski definition) is 3. The Hall–Kier alpha value is -0.120. The van der Waals surface area contributed by atoms with Gasteiger partial charge in [0.15, 0.2) is 0 Å². The lowest BCUT2D eigenvalue weighted by Crippen LogP contribution is -2.63. The molecule has 3 heteroatoms. The van der Waals surface area contributed by atoms with E-state index in [2.05, 4.69) is 27.7 Å². The molecular weight excluding hydrogens is 300 g/mol. The van der Waals surface area contributed by atoms with Gasteiger partial charge >= 0.3 is 0 Å². The van der Waals surface area contributed by atoms with Crippen molar-refractivity contribution in [2.45, 2.75) is 91.3 Å². The molecular formula is C21H40O3. The molecule has 3 nitrogen and oxygen atoms in total. The van der Waals surface area contributed by atoms with Crippen molar-refractivity contribution in [1.29, 1.82) is 0 Å². The maximum atomic E-state index is 11.3. The lowest BCUT2D eigenvalue weighted by atomic mass is 9.44. The molecule has 0 aliphatic heterocycles. The van der Waals surface area contributed by atoms with Crippen molar-refractivity contribution in [2.24, 2.45) is 28.6 Å². The number of fused-ring (bicyclic) bond motifs is 1. The van der Waals surface area contributed by atoms with Crippen LogP contribution >= 0.6 is 0 Å². The van der Waals surface area contributed by atoms with E-state index in [9.17, 15) is 10.2 Å². The topological polar surface area (TPSA) is 49.7 Å². The summed E-state index contributed by atoms with van der Waals surface area (Å²) in [6.45, 7) is 11.7. The van der Waals surface area contributed by atoms with Crippen LogP contribution in [0.3, 0.4) is 0 Å². The van der Waals surface area contributed by atoms with Gasteiger partial charge in [-0.1, -0.05) is 40.5 Å². The molecule has 0 amide bonds. The van der Waals surface area contributed by atoms with E-state index in [1.165, 1.54) is 19.3 Å². The summed E-state index contributed by atoms with van der Waals surface area (Å²) < 4.78 is 5.92. The summed E-state index contributed by atoms with van der Waals surface area (Å²) in [6, 6.07) is 0. The highest BCUT2D eigenvalue weighted by atomic mass is 16.5. The normalized spacial score (nSPS) is 43.2. The average molecular weight is 341 g/mol. The minimum Gasteiger partial charge on any atom is -0.396 e. The third-order valence-electron chi connectivity index (χ3n) is 7.49. The van der Waals surface area contributed by atoms with Crippen molar-refractivity contribution in [3.63, 3.8) is 0 Å². The molecule has 2 saturated carbocycles. The molecule has 2 aliphatic carbocycles. The summed E-state index contributed by atoms with van der Waals surface area (Å²) in [5.41, 5.74) is -0.277. The molecule has 142 valence electrons. The van der Waals surface area contributed by atoms with E-state index >= 15 is 0 Å². The van der Waals surface area contributed by atoms with Crippen molar-refractivity contribution >= 4 is 0 Å². The first-order chi connectivity index (χ1) is 11.1. The zero-order chi connectivity index (χ0) is 18.2. The number of aliphatic hydroxyl groups excluding tert-OH is 1. The zero-order valence-electron chi connectivity index (χ0n) is 16.8. The summed E-state index contributed by atoms with van der Waals surface area (Å²) in [7, 11) is 1.81. The van der Waals surface area contributed by atoms with Crippen LogP contribution in [0.1, 0.15) is 79.6 Å². The van der Waals surface area contributed by atoms with Gasteiger partial charge in [-0.15, -0.1) is 0 Å². The van der Waals surface area contributed by atoms with Gasteiger partial charge in [0.2, 0.25) is 0 Å². The van der Waals surface area contributed by atoms with Gasteiger partial charge in [-0.2, -0.15) is 0 Å². The van der Waals surface area contributed by atoms with Crippen LogP contribution in [0.5, 0.6) is 0 Å². The molecule has 0 spiro atoms. The Kier molecular flexibility index (Phi) is 6.10. The molecule has 2 rings (SSSR count). The van der Waals surface area contributed by atoms with Crippen molar-refractivity contribution in [3.8, 4) is 0 Å². The van der Waals surface area contributed by atoms with Crippen LogP contribution in [0, 0.1) is 28.6 Å². The Morgan fingerprint density at radius 2 is 1.79 bits per heavy atom. The van der Waals surface area contributed by atoms with E-state index in [0.717, 1.165) is 25.7 Å². The monoisotopic (exact) mass is 340 g/mol. The molecule has 0 aromatic rings. The SMILES string of the molecule is CO[C@@H]1C[C@@](C)(O)[C@@H](CC[C@H](C)CCO)[C@@]2(C)CCCC(C)(C)[C@H]12. The highest BCUT2D eigenvalue weighted by Crippen LogP contribution is 2.63. The number of ether oxygens (including phenoxy) is 1. The summed E-state index contributed by atoms with van der Waals surface area (Å²) in [4.78, 5) is 0. The lowest BCUT2D eigenvalue weighted by Gasteiger charge is -2.63. The minimum absolute atomic E-state index is 0.128. The van der Waals surface area contributed by atoms with E-state index in [-0.39, 0.29) is 23.5 Å². The number of aliphatic hydroxyl groups is 2. The van der Waals surface area contributed by atoms with Gasteiger partial charge in [0.05, 0.1) is 11.7 Å². The Morgan fingerprint density at radius 3 is 2.38 bits per heavy atom. The second kappa shape index (κ2) is 7.25. The second-order valence-electron chi connectivity index (χ2n) is 9.91. The molecule has 0 aromatic heterocycles. The van der Waals surface area contributed by atoms with Gasteiger partial charge in [0.1, 0.15) is 0 Å². The summed E-state index contributed by atoms with van der Waals surface area (Å²) in [5, 5.41) is 20.5. The largest absolute Gasteiger partial charge is 0.396 e. The smallest absolute Gasteiger partial charge is 0.0677 e. The van der Waals surface area contributed by atoms with E-state index < -0.39 is 5.60 Å². The van der Waals surface area contributed by atoms with Gasteiger partial charge in [-0.05, 0) is 61.2 Å². The van der Waals surface area contributed by atoms with Crippen LogP contribution < -0.4 is 0 Å². The predicted molar refractivity (Wildman–Crippen MR) is 98.9 cm³/mol. The zero-order valence-corrected chi connectivity index (χ0v) is 16.8. The molecule has 2 aliphatic rings. The van der Waals surface area contributed by atoms with Crippen molar-refractivity contribution < 1.29 is 14.9 Å². The summed E-state index contributed by atoms with van der Waals surface area (Å²) in [6.07, 6.45) is 7.57. The van der Waals surface area contributed by atoms with Crippen LogP contribution in [0.25, 0.3) is 0 Å². The van der Waals surface area contributed by atoms with Crippen molar-refractivity contribution in [1.82, 2.24) is 0 Å². The molecule has 0 saturated heterocycles. The van der Waals surface area contributed by atoms with E-state index in [1.807, 2.05) is 14.0 Å². The maximum Gasteiger partial charge on any atom is 0.0677 e. The van der Waals surface area contributed by atoms with E-state index in [1.54, 1.807) is 0 Å². The second-order valence-corrected chi connectivity index (χ2v) is 9.91. The van der Waals surface area contributed by atoms with Crippen molar-refractivity contribution in [2.75, 3.05) is 13.7 Å². The van der Waals surface area contributed by atoms with Crippen LogP contribution in [0.4, 0.5) is 0 Å². The Morgan fingerprint density at radius 1 is 1.12 bits per heavy atom. The first-order valence-electron chi connectivity index (χ1n) is 9.94. The Bertz CT molecular complexity index is 417. The van der Waals surface area contributed by atoms with Gasteiger partial charge < -0.3 is 14.9 Å². The molecule has 0 unspecified atom stereocenters. The van der Waals surface area contributed by atoms with E-state index in [0.29, 0.717) is 17.8 Å². The average Bonchev–Trinajstić information content (AvgIpc) is 2.44. The fourth-order valence-corrected chi connectivity index (χ4v) is 6.50. The first-order valence-corrected chi connectivity index (χ1v) is 9.94. The predicted octanol–water partition coefficient (Wildman–Crippen LogP) is 4.40. The third-order valence-corrected chi connectivity index (χ3v) is 7.49. The first kappa shape index (κ1) is 20.2. The Labute approximate surface area is 149 Å². The van der Waals surface area contributed by atoms with Gasteiger partial charge in [-0.3, -0.25) is 0 Å². The number of hydrogen-bond donors (Lipinski definition) is 2. The highest BCUT2D eigenvalue weighted by molar-refractivity contribution is 5.10. The fourth-order valence-electron chi connectivity index (χ4n) is 6.50. The standard InChI is InChI=1S/C21H40O3/c1-15(10-13-22)8-9-17-20(4)12-7-11-19(2,3)18(20)16(24-6)14-21(17,5)23/h15-18,22-23H,7-14H2,1-6H3/t15-,16+,17-,18-,20+,21+/m0/s1. The fraction of sp³-hybridized carbons (Fsp3) is 1.00. The molecule has 2 N–H and O–H groups in total. The number of rotatable bonds is 6. The lowest BCUT2D eigenvalue weighted by molar-refractivity contribution is -0.221. The van der Waals surface area contributed by atoms with Crippen molar-refractivity contribution in [3.05, 3.63) is 0 Å². The van der Waals surface area contributed by atoms with Gasteiger partial charge in [-0.25, -0.2) is 0 Å². The summed E-state index contributed by atoms with van der Waals surface area (Å²) in [5.74, 6) is 1.33. The quantitative estimate of drug-likeness (QED) is 0.753. The minimum atomic E-state index is -0.668. The molecule has 2 fully saturated rings. The molecule has 0 heterocycles. The molecule has 0 bridgehead atoms. The third kappa shape index (κ3) is 3.68. The van der Waals surface area contributed by atoms with Crippen LogP contribution in [0.15, 0.2) is 0 Å². The Balaban J connectivity index is 2.30. The molecule has 0 aromatic carbocycles. The van der Waals surface area contributed by atoms with Gasteiger partial charge in [0, 0.05) is 20.1 Å². The van der Waals surface area contributed by atoms with E-state index in [4.69, 9.17) is 4.74 Å². The van der Waals surface area contributed by atoms with Crippen LogP contribution in [0.2, 0.25) is 0 Å². The summed E-state index contributed by atoms with van der Waals surface area (Å²) >= 11 is 0. The van der Waals surface area contributed by atoms with Gasteiger partial charge in [0.25, 0.3) is 0 Å². The molecule has 6 atom stereocenters. The maximum absolute atomic E-state index is 11.3. The van der Waals surface area contributed by atoms with Crippen LogP contribution in [-0.2, 0) is 4.74 Å². The molecule has 0 radical (unpaired) electrons.